The van der Waals surface area contributed by atoms with E-state index in [2.05, 4.69) is 40.5 Å². The number of hydrogen-bond donors (Lipinski definition) is 1. The summed E-state index contributed by atoms with van der Waals surface area (Å²) in [6.07, 6.45) is 8.17. The molecular weight excluding hydrogens is 262 g/mol. The van der Waals surface area contributed by atoms with Crippen LogP contribution in [0.25, 0.3) is 0 Å². The van der Waals surface area contributed by atoms with Crippen molar-refractivity contribution in [2.45, 2.75) is 43.6 Å². The van der Waals surface area contributed by atoms with E-state index in [1.165, 1.54) is 11.1 Å². The highest BCUT2D eigenvalue weighted by molar-refractivity contribution is 5.31. The third-order valence-corrected chi connectivity index (χ3v) is 4.60. The first kappa shape index (κ1) is 12.8. The molecular formula is C17H19N3O. The van der Waals surface area contributed by atoms with Crippen LogP contribution in [0.5, 0.6) is 0 Å². The molecule has 0 spiro atoms. The fourth-order valence-electron chi connectivity index (χ4n) is 3.39. The number of benzene rings is 1. The van der Waals surface area contributed by atoms with Crippen molar-refractivity contribution in [2.75, 3.05) is 0 Å². The summed E-state index contributed by atoms with van der Waals surface area (Å²) in [5.74, 6) is 2.13. The van der Waals surface area contributed by atoms with Gasteiger partial charge in [0.05, 0.1) is 5.92 Å². The summed E-state index contributed by atoms with van der Waals surface area (Å²) in [4.78, 5) is 4.64. The van der Waals surface area contributed by atoms with Crippen LogP contribution in [0.2, 0.25) is 0 Å². The van der Waals surface area contributed by atoms with Crippen molar-refractivity contribution in [3.63, 3.8) is 0 Å². The minimum atomic E-state index is 0.118. The molecule has 1 heterocycles. The van der Waals surface area contributed by atoms with Crippen LogP contribution in [0.15, 0.2) is 40.9 Å². The van der Waals surface area contributed by atoms with Crippen molar-refractivity contribution in [1.29, 1.82) is 0 Å². The standard InChI is InChI=1S/C17H19N3O/c18-15-8-7-14(10-15)17-19-16(20-21-17)13-6-5-11-3-1-2-4-12(11)9-13/h1-4,7-8,13-15H,5-6,9-10,18H2. The highest BCUT2D eigenvalue weighted by Crippen LogP contribution is 2.33. The van der Waals surface area contributed by atoms with Gasteiger partial charge in [0.1, 0.15) is 0 Å². The minimum absolute atomic E-state index is 0.118. The predicted octanol–water partition coefficient (Wildman–Crippen LogP) is 2.71. The van der Waals surface area contributed by atoms with E-state index in [4.69, 9.17) is 10.3 Å². The Morgan fingerprint density at radius 2 is 2.00 bits per heavy atom. The summed E-state index contributed by atoms with van der Waals surface area (Å²) in [6, 6.07) is 8.76. The van der Waals surface area contributed by atoms with E-state index in [9.17, 15) is 0 Å². The average molecular weight is 281 g/mol. The van der Waals surface area contributed by atoms with Crippen LogP contribution >= 0.6 is 0 Å². The Morgan fingerprint density at radius 3 is 2.81 bits per heavy atom. The van der Waals surface area contributed by atoms with E-state index in [0.717, 1.165) is 31.5 Å². The Labute approximate surface area is 124 Å². The molecule has 0 saturated heterocycles. The quantitative estimate of drug-likeness (QED) is 0.860. The lowest BCUT2D eigenvalue weighted by Crippen LogP contribution is -2.15. The summed E-state index contributed by atoms with van der Waals surface area (Å²) in [6.45, 7) is 0. The van der Waals surface area contributed by atoms with Gasteiger partial charge in [-0.3, -0.25) is 0 Å². The Morgan fingerprint density at radius 1 is 1.14 bits per heavy atom. The van der Waals surface area contributed by atoms with Gasteiger partial charge in [0.15, 0.2) is 5.82 Å². The molecule has 3 unspecified atom stereocenters. The molecule has 0 aliphatic heterocycles. The number of aromatic nitrogens is 2. The summed E-state index contributed by atoms with van der Waals surface area (Å²) >= 11 is 0. The van der Waals surface area contributed by atoms with E-state index < -0.39 is 0 Å². The summed E-state index contributed by atoms with van der Waals surface area (Å²) in [7, 11) is 0. The SMILES string of the molecule is NC1C=CC(c2nc(C3CCc4ccccc4C3)no2)C1. The van der Waals surface area contributed by atoms with E-state index in [1.807, 2.05) is 6.08 Å². The topological polar surface area (TPSA) is 64.9 Å². The highest BCUT2D eigenvalue weighted by atomic mass is 16.5. The van der Waals surface area contributed by atoms with Crippen molar-refractivity contribution >= 4 is 0 Å². The normalized spacial score (nSPS) is 27.8. The molecule has 4 nitrogen and oxygen atoms in total. The maximum atomic E-state index is 5.89. The Hall–Kier alpha value is -1.94. The second-order valence-corrected chi connectivity index (χ2v) is 6.09. The monoisotopic (exact) mass is 281 g/mol. The molecule has 0 saturated carbocycles. The highest BCUT2D eigenvalue weighted by Gasteiger charge is 2.27. The van der Waals surface area contributed by atoms with Gasteiger partial charge in [0.2, 0.25) is 5.89 Å². The van der Waals surface area contributed by atoms with Crippen LogP contribution in [0.3, 0.4) is 0 Å². The van der Waals surface area contributed by atoms with Gasteiger partial charge in [-0.2, -0.15) is 4.98 Å². The second-order valence-electron chi connectivity index (χ2n) is 6.09. The smallest absolute Gasteiger partial charge is 0.233 e. The number of fused-ring (bicyclic) bond motifs is 1. The summed E-state index contributed by atoms with van der Waals surface area (Å²) < 4.78 is 5.47. The van der Waals surface area contributed by atoms with Crippen molar-refractivity contribution < 1.29 is 4.52 Å². The van der Waals surface area contributed by atoms with E-state index >= 15 is 0 Å². The van der Waals surface area contributed by atoms with Crippen molar-refractivity contribution in [3.8, 4) is 0 Å². The van der Waals surface area contributed by atoms with Gasteiger partial charge in [-0.05, 0) is 36.8 Å². The molecule has 0 radical (unpaired) electrons. The third kappa shape index (κ3) is 2.40. The Balaban J connectivity index is 1.53. The van der Waals surface area contributed by atoms with Gasteiger partial charge < -0.3 is 10.3 Å². The molecule has 2 N–H and O–H groups in total. The van der Waals surface area contributed by atoms with Crippen LogP contribution in [0.1, 0.15) is 47.5 Å². The first-order valence-electron chi connectivity index (χ1n) is 7.64. The molecule has 2 aliphatic rings. The second kappa shape index (κ2) is 5.11. The third-order valence-electron chi connectivity index (χ3n) is 4.60. The molecule has 0 fully saturated rings. The van der Waals surface area contributed by atoms with Crippen LogP contribution in [-0.4, -0.2) is 16.2 Å². The lowest BCUT2D eigenvalue weighted by atomic mass is 9.83. The zero-order chi connectivity index (χ0) is 14.2. The maximum absolute atomic E-state index is 5.89. The molecule has 0 bridgehead atoms. The van der Waals surface area contributed by atoms with E-state index in [1.54, 1.807) is 0 Å². The number of allylic oxidation sites excluding steroid dienone is 1. The lowest BCUT2D eigenvalue weighted by Gasteiger charge is -2.21. The van der Waals surface area contributed by atoms with E-state index in [0.29, 0.717) is 11.8 Å². The van der Waals surface area contributed by atoms with E-state index in [-0.39, 0.29) is 12.0 Å². The van der Waals surface area contributed by atoms with Crippen molar-refractivity contribution in [1.82, 2.24) is 10.1 Å². The molecule has 21 heavy (non-hydrogen) atoms. The largest absolute Gasteiger partial charge is 0.339 e. The predicted molar refractivity (Wildman–Crippen MR) is 80.0 cm³/mol. The number of aryl methyl sites for hydroxylation is 1. The zero-order valence-corrected chi connectivity index (χ0v) is 11.9. The first-order chi connectivity index (χ1) is 10.3. The number of nitrogens with zero attached hydrogens (tertiary/aromatic N) is 2. The molecule has 108 valence electrons. The average Bonchev–Trinajstić information content (AvgIpc) is 3.15. The Bertz CT molecular complexity index is 676. The van der Waals surface area contributed by atoms with Gasteiger partial charge >= 0.3 is 0 Å². The van der Waals surface area contributed by atoms with Crippen LogP contribution in [-0.2, 0) is 12.8 Å². The van der Waals surface area contributed by atoms with Crippen molar-refractivity contribution in [3.05, 3.63) is 59.3 Å². The maximum Gasteiger partial charge on any atom is 0.233 e. The van der Waals surface area contributed by atoms with Crippen LogP contribution in [0, 0.1) is 0 Å². The molecule has 0 amide bonds. The molecule has 1 aromatic heterocycles. The summed E-state index contributed by atoms with van der Waals surface area (Å²) in [5, 5.41) is 4.22. The van der Waals surface area contributed by atoms with Gasteiger partial charge in [0, 0.05) is 12.0 Å². The van der Waals surface area contributed by atoms with Crippen molar-refractivity contribution in [2.24, 2.45) is 5.73 Å². The fourth-order valence-corrected chi connectivity index (χ4v) is 3.39. The van der Waals surface area contributed by atoms with Gasteiger partial charge in [-0.15, -0.1) is 0 Å². The van der Waals surface area contributed by atoms with Gasteiger partial charge in [-0.25, -0.2) is 0 Å². The molecule has 2 aliphatic carbocycles. The van der Waals surface area contributed by atoms with Gasteiger partial charge in [0.25, 0.3) is 0 Å². The molecule has 3 atom stereocenters. The first-order valence-corrected chi connectivity index (χ1v) is 7.64. The van der Waals surface area contributed by atoms with Crippen LogP contribution in [0.4, 0.5) is 0 Å². The van der Waals surface area contributed by atoms with Crippen LogP contribution < -0.4 is 5.73 Å². The fraction of sp³-hybridized carbons (Fsp3) is 0.412. The number of rotatable bonds is 2. The number of nitrogens with two attached hydrogens (primary N) is 1. The number of hydrogen-bond acceptors (Lipinski definition) is 4. The minimum Gasteiger partial charge on any atom is -0.339 e. The lowest BCUT2D eigenvalue weighted by molar-refractivity contribution is 0.355. The zero-order valence-electron chi connectivity index (χ0n) is 11.9. The van der Waals surface area contributed by atoms with Gasteiger partial charge in [-0.1, -0.05) is 41.6 Å². The Kier molecular flexibility index (Phi) is 3.11. The molecule has 1 aromatic carbocycles. The molecule has 4 rings (SSSR count). The summed E-state index contributed by atoms with van der Waals surface area (Å²) in [5.41, 5.74) is 8.77. The molecule has 4 heteroatoms. The molecule has 2 aromatic rings.